The molecule has 0 bridgehead atoms. The van der Waals surface area contributed by atoms with Crippen molar-refractivity contribution in [3.8, 4) is 5.75 Å². The fourth-order valence-corrected chi connectivity index (χ4v) is 1.81. The van der Waals surface area contributed by atoms with Crippen LogP contribution < -0.4 is 4.90 Å². The summed E-state index contributed by atoms with van der Waals surface area (Å²) in [5.41, 5.74) is 0.362. The molecule has 1 heterocycles. The summed E-state index contributed by atoms with van der Waals surface area (Å²) in [6.07, 6.45) is 0.211. The number of carbonyl (C=O) groups is 2. The lowest BCUT2D eigenvalue weighted by molar-refractivity contribution is -0.122. The number of hydrogen-bond donors (Lipinski definition) is 1. The first kappa shape index (κ1) is 11.0. The minimum absolute atomic E-state index is 0.140. The van der Waals surface area contributed by atoms with Crippen LogP contribution in [-0.2, 0) is 9.59 Å². The van der Waals surface area contributed by atoms with Gasteiger partial charge in [-0.2, -0.15) is 0 Å². The first-order valence-electron chi connectivity index (χ1n) is 4.86. The lowest BCUT2D eigenvalue weighted by atomic mass is 10.1. The van der Waals surface area contributed by atoms with Crippen LogP contribution in [-0.4, -0.2) is 16.9 Å². The maximum Gasteiger partial charge on any atom is 0.237 e. The first-order valence-corrected chi connectivity index (χ1v) is 5.24. The summed E-state index contributed by atoms with van der Waals surface area (Å²) in [5.74, 6) is -0.935. The number of benzene rings is 1. The Morgan fingerprint density at radius 3 is 2.62 bits per heavy atom. The van der Waals surface area contributed by atoms with Crippen molar-refractivity contribution in [2.45, 2.75) is 13.3 Å². The lowest BCUT2D eigenvalue weighted by Crippen LogP contribution is -2.29. The average molecular weight is 240 g/mol. The molecule has 1 unspecified atom stereocenters. The smallest absolute Gasteiger partial charge is 0.237 e. The highest BCUT2D eigenvalue weighted by atomic mass is 35.5. The van der Waals surface area contributed by atoms with Crippen LogP contribution in [0.3, 0.4) is 0 Å². The number of halogens is 1. The third-order valence-corrected chi connectivity index (χ3v) is 2.88. The van der Waals surface area contributed by atoms with Gasteiger partial charge >= 0.3 is 0 Å². The summed E-state index contributed by atoms with van der Waals surface area (Å²) < 4.78 is 0. The third kappa shape index (κ3) is 1.65. The Hall–Kier alpha value is -1.55. The molecule has 0 radical (unpaired) electrons. The molecule has 0 aliphatic carbocycles. The van der Waals surface area contributed by atoms with E-state index < -0.39 is 0 Å². The molecular weight excluding hydrogens is 230 g/mol. The van der Waals surface area contributed by atoms with Crippen molar-refractivity contribution >= 4 is 29.1 Å². The zero-order chi connectivity index (χ0) is 11.9. The number of amides is 2. The zero-order valence-corrected chi connectivity index (χ0v) is 9.36. The molecule has 1 aliphatic heterocycles. The van der Waals surface area contributed by atoms with Gasteiger partial charge in [-0.3, -0.25) is 14.5 Å². The minimum atomic E-state index is -0.301. The SMILES string of the molecule is CC1CC(=O)N(c2ccc(Cl)c(O)c2)C1=O. The zero-order valence-electron chi connectivity index (χ0n) is 8.61. The van der Waals surface area contributed by atoms with Gasteiger partial charge in [-0.15, -0.1) is 0 Å². The number of anilines is 1. The highest BCUT2D eigenvalue weighted by Crippen LogP contribution is 2.32. The van der Waals surface area contributed by atoms with Gasteiger partial charge in [0, 0.05) is 18.4 Å². The molecule has 16 heavy (non-hydrogen) atoms. The second-order valence-corrected chi connectivity index (χ2v) is 4.22. The maximum absolute atomic E-state index is 11.7. The van der Waals surface area contributed by atoms with E-state index in [0.717, 1.165) is 4.90 Å². The van der Waals surface area contributed by atoms with Crippen LogP contribution in [0.25, 0.3) is 0 Å². The van der Waals surface area contributed by atoms with Crippen LogP contribution in [0.15, 0.2) is 18.2 Å². The van der Waals surface area contributed by atoms with Crippen molar-refractivity contribution in [3.63, 3.8) is 0 Å². The Labute approximate surface area is 97.4 Å². The molecule has 2 amide bonds. The molecule has 4 nitrogen and oxygen atoms in total. The molecule has 1 aromatic carbocycles. The van der Waals surface area contributed by atoms with Gasteiger partial charge in [0.15, 0.2) is 0 Å². The number of phenolic OH excluding ortho intramolecular Hbond substituents is 1. The van der Waals surface area contributed by atoms with E-state index in [0.29, 0.717) is 5.69 Å². The van der Waals surface area contributed by atoms with Crippen molar-refractivity contribution in [2.24, 2.45) is 5.92 Å². The molecule has 1 atom stereocenters. The quantitative estimate of drug-likeness (QED) is 0.762. The molecule has 1 aromatic rings. The topological polar surface area (TPSA) is 57.6 Å². The van der Waals surface area contributed by atoms with E-state index in [2.05, 4.69) is 0 Å². The molecule has 1 aliphatic rings. The summed E-state index contributed by atoms with van der Waals surface area (Å²) in [6, 6.07) is 4.31. The van der Waals surface area contributed by atoms with Gasteiger partial charge in [0.1, 0.15) is 5.75 Å². The Balaban J connectivity index is 2.41. The van der Waals surface area contributed by atoms with Crippen molar-refractivity contribution in [2.75, 3.05) is 4.90 Å². The Kier molecular flexibility index (Phi) is 2.59. The van der Waals surface area contributed by atoms with Gasteiger partial charge < -0.3 is 5.11 Å². The minimum Gasteiger partial charge on any atom is -0.506 e. The monoisotopic (exact) mass is 239 g/mol. The number of imide groups is 1. The van der Waals surface area contributed by atoms with Gasteiger partial charge in [0.25, 0.3) is 0 Å². The van der Waals surface area contributed by atoms with E-state index in [4.69, 9.17) is 11.6 Å². The third-order valence-electron chi connectivity index (χ3n) is 2.56. The van der Waals surface area contributed by atoms with Crippen LogP contribution in [0.2, 0.25) is 5.02 Å². The van der Waals surface area contributed by atoms with Crippen LogP contribution >= 0.6 is 11.6 Å². The predicted molar refractivity (Wildman–Crippen MR) is 59.4 cm³/mol. The van der Waals surface area contributed by atoms with Crippen molar-refractivity contribution < 1.29 is 14.7 Å². The number of phenols is 1. The molecule has 2 rings (SSSR count). The Morgan fingerprint density at radius 1 is 1.44 bits per heavy atom. The normalized spacial score (nSPS) is 20.6. The highest BCUT2D eigenvalue weighted by Gasteiger charge is 2.36. The maximum atomic E-state index is 11.7. The number of hydrogen-bond acceptors (Lipinski definition) is 3. The molecule has 1 saturated heterocycles. The number of carbonyl (C=O) groups excluding carboxylic acids is 2. The van der Waals surface area contributed by atoms with Gasteiger partial charge in [-0.1, -0.05) is 18.5 Å². The fourth-order valence-electron chi connectivity index (χ4n) is 1.70. The largest absolute Gasteiger partial charge is 0.506 e. The van der Waals surface area contributed by atoms with Crippen molar-refractivity contribution in [1.29, 1.82) is 0 Å². The number of rotatable bonds is 1. The molecular formula is C11H10ClNO3. The fraction of sp³-hybridized carbons (Fsp3) is 0.273. The molecule has 0 saturated carbocycles. The van der Waals surface area contributed by atoms with E-state index in [1.165, 1.54) is 18.2 Å². The van der Waals surface area contributed by atoms with Crippen LogP contribution in [0, 0.1) is 5.92 Å². The number of aromatic hydroxyl groups is 1. The summed E-state index contributed by atoms with van der Waals surface area (Å²) in [6.45, 7) is 1.70. The second kappa shape index (κ2) is 3.79. The standard InChI is InChI=1S/C11H10ClNO3/c1-6-4-10(15)13(11(6)16)7-2-3-8(12)9(14)5-7/h2-3,5-6,14H,4H2,1H3. The summed E-state index contributed by atoms with van der Waals surface area (Å²) in [7, 11) is 0. The molecule has 0 spiro atoms. The van der Waals surface area contributed by atoms with Crippen molar-refractivity contribution in [3.05, 3.63) is 23.2 Å². The summed E-state index contributed by atoms with van der Waals surface area (Å²) in [4.78, 5) is 24.4. The van der Waals surface area contributed by atoms with Gasteiger partial charge in [0.05, 0.1) is 10.7 Å². The van der Waals surface area contributed by atoms with Gasteiger partial charge in [-0.25, -0.2) is 0 Å². The summed E-state index contributed by atoms with van der Waals surface area (Å²) in [5, 5.41) is 9.61. The van der Waals surface area contributed by atoms with E-state index in [-0.39, 0.29) is 34.9 Å². The Bertz CT molecular complexity index is 472. The van der Waals surface area contributed by atoms with Crippen LogP contribution in [0.5, 0.6) is 5.75 Å². The first-order chi connectivity index (χ1) is 7.50. The molecule has 84 valence electrons. The number of nitrogens with zero attached hydrogens (tertiary/aromatic N) is 1. The van der Waals surface area contributed by atoms with Gasteiger partial charge in [0.2, 0.25) is 11.8 Å². The summed E-state index contributed by atoms with van der Waals surface area (Å²) >= 11 is 5.65. The van der Waals surface area contributed by atoms with E-state index >= 15 is 0 Å². The second-order valence-electron chi connectivity index (χ2n) is 3.81. The van der Waals surface area contributed by atoms with E-state index in [9.17, 15) is 14.7 Å². The van der Waals surface area contributed by atoms with Crippen LogP contribution in [0.1, 0.15) is 13.3 Å². The van der Waals surface area contributed by atoms with Gasteiger partial charge in [-0.05, 0) is 12.1 Å². The molecule has 5 heteroatoms. The van der Waals surface area contributed by atoms with Crippen molar-refractivity contribution in [1.82, 2.24) is 0 Å². The predicted octanol–water partition coefficient (Wildman–Crippen LogP) is 1.94. The molecule has 0 aromatic heterocycles. The molecule has 1 N–H and O–H groups in total. The Morgan fingerprint density at radius 2 is 2.12 bits per heavy atom. The lowest BCUT2D eigenvalue weighted by Gasteiger charge is -2.14. The van der Waals surface area contributed by atoms with E-state index in [1.807, 2.05) is 0 Å². The molecule has 1 fully saturated rings. The average Bonchev–Trinajstić information content (AvgIpc) is 2.47. The van der Waals surface area contributed by atoms with E-state index in [1.54, 1.807) is 6.92 Å². The van der Waals surface area contributed by atoms with Crippen LogP contribution in [0.4, 0.5) is 5.69 Å². The highest BCUT2D eigenvalue weighted by molar-refractivity contribution is 6.32.